The summed E-state index contributed by atoms with van der Waals surface area (Å²) < 4.78 is 32.6. The number of rotatable bonds is 6. The van der Waals surface area contributed by atoms with Gasteiger partial charge in [0.2, 0.25) is 10.0 Å². The average Bonchev–Trinajstić information content (AvgIpc) is 2.55. The number of carbonyl (C=O) groups is 1. The second kappa shape index (κ2) is 7.72. The summed E-state index contributed by atoms with van der Waals surface area (Å²) in [6, 6.07) is 5.53. The van der Waals surface area contributed by atoms with Crippen LogP contribution in [0.1, 0.15) is 33.1 Å². The topological polar surface area (TPSA) is 63.7 Å². The van der Waals surface area contributed by atoms with Crippen LogP contribution in [-0.2, 0) is 14.8 Å². The van der Waals surface area contributed by atoms with E-state index in [1.165, 1.54) is 23.5 Å². The highest BCUT2D eigenvalue weighted by molar-refractivity contribution is 7.89. The van der Waals surface area contributed by atoms with Crippen LogP contribution in [0, 0.1) is 5.92 Å². The van der Waals surface area contributed by atoms with Crippen LogP contribution in [0.3, 0.4) is 0 Å². The highest BCUT2D eigenvalue weighted by Gasteiger charge is 2.39. The van der Waals surface area contributed by atoms with E-state index in [2.05, 4.69) is 0 Å². The zero-order valence-corrected chi connectivity index (χ0v) is 15.8. The Kier molecular flexibility index (Phi) is 6.11. The molecule has 132 valence electrons. The molecule has 7 heteroatoms. The Hall–Kier alpha value is -1.31. The van der Waals surface area contributed by atoms with Gasteiger partial charge in [-0.05, 0) is 49.4 Å². The zero-order valence-electron chi connectivity index (χ0n) is 14.2. The molecule has 0 radical (unpaired) electrons. The summed E-state index contributed by atoms with van der Waals surface area (Å²) in [4.78, 5) is 13.0. The maximum Gasteiger partial charge on any atom is 0.243 e. The van der Waals surface area contributed by atoms with Gasteiger partial charge < -0.3 is 4.74 Å². The van der Waals surface area contributed by atoms with Crippen LogP contribution in [-0.4, -0.2) is 43.1 Å². The van der Waals surface area contributed by atoms with Crippen LogP contribution < -0.4 is 4.74 Å². The molecule has 1 aliphatic rings. The van der Waals surface area contributed by atoms with Gasteiger partial charge in [-0.25, -0.2) is 8.42 Å². The SMILES string of the molecule is COc1ccc(S(=O)(=O)N(CC(C)C)C2CCCC(=S)C2=O)cc1. The number of nitrogens with zero attached hydrogens (tertiary/aromatic N) is 1. The van der Waals surface area contributed by atoms with Crippen LogP contribution in [0.2, 0.25) is 0 Å². The summed E-state index contributed by atoms with van der Waals surface area (Å²) >= 11 is 5.12. The quantitative estimate of drug-likeness (QED) is 0.722. The molecule has 1 aromatic carbocycles. The van der Waals surface area contributed by atoms with Gasteiger partial charge in [0.15, 0.2) is 5.78 Å². The molecular weight excluding hydrogens is 346 g/mol. The predicted molar refractivity (Wildman–Crippen MR) is 97.0 cm³/mol. The number of carbonyl (C=O) groups excluding carboxylic acids is 1. The van der Waals surface area contributed by atoms with Gasteiger partial charge in [-0.3, -0.25) is 4.79 Å². The van der Waals surface area contributed by atoms with Gasteiger partial charge >= 0.3 is 0 Å². The number of hydrogen-bond acceptors (Lipinski definition) is 5. The Labute approximate surface area is 149 Å². The maximum atomic E-state index is 13.1. The van der Waals surface area contributed by atoms with E-state index < -0.39 is 16.1 Å². The number of ketones is 1. The lowest BCUT2D eigenvalue weighted by Gasteiger charge is -2.33. The lowest BCUT2D eigenvalue weighted by atomic mass is 9.93. The predicted octanol–water partition coefficient (Wildman–Crippen LogP) is 2.83. The Balaban J connectivity index is 2.41. The Morgan fingerprint density at radius 2 is 1.92 bits per heavy atom. The van der Waals surface area contributed by atoms with Gasteiger partial charge in [0, 0.05) is 6.54 Å². The van der Waals surface area contributed by atoms with Crippen LogP contribution in [0.5, 0.6) is 5.75 Å². The van der Waals surface area contributed by atoms with Crippen molar-refractivity contribution < 1.29 is 17.9 Å². The second-order valence-corrected chi connectivity index (χ2v) is 8.72. The minimum absolute atomic E-state index is 0.0984. The minimum Gasteiger partial charge on any atom is -0.497 e. The van der Waals surface area contributed by atoms with E-state index >= 15 is 0 Å². The highest BCUT2D eigenvalue weighted by atomic mass is 32.2. The number of sulfonamides is 1. The molecule has 1 fully saturated rings. The molecule has 24 heavy (non-hydrogen) atoms. The fourth-order valence-electron chi connectivity index (χ4n) is 2.81. The molecule has 2 rings (SSSR count). The van der Waals surface area contributed by atoms with Crippen LogP contribution in [0.25, 0.3) is 0 Å². The van der Waals surface area contributed by atoms with E-state index in [0.29, 0.717) is 23.5 Å². The molecule has 0 amide bonds. The van der Waals surface area contributed by atoms with Crippen molar-refractivity contribution in [1.82, 2.24) is 4.31 Å². The molecule has 0 aromatic heterocycles. The van der Waals surface area contributed by atoms with E-state index in [1.807, 2.05) is 13.8 Å². The molecule has 1 atom stereocenters. The Bertz CT molecular complexity index is 711. The summed E-state index contributed by atoms with van der Waals surface area (Å²) in [5.41, 5.74) is 0. The number of thiocarbonyl (C=S) groups is 1. The summed E-state index contributed by atoms with van der Waals surface area (Å²) in [6.07, 6.45) is 1.83. The third kappa shape index (κ3) is 4.02. The Morgan fingerprint density at radius 3 is 2.46 bits per heavy atom. The molecule has 0 heterocycles. The van der Waals surface area contributed by atoms with Crippen molar-refractivity contribution in [1.29, 1.82) is 0 Å². The summed E-state index contributed by atoms with van der Waals surface area (Å²) in [5, 5.41) is 0. The summed E-state index contributed by atoms with van der Waals surface area (Å²) in [7, 11) is -2.26. The molecule has 0 aliphatic heterocycles. The lowest BCUT2D eigenvalue weighted by molar-refractivity contribution is -0.117. The van der Waals surface area contributed by atoms with Crippen LogP contribution >= 0.6 is 12.2 Å². The van der Waals surface area contributed by atoms with Gasteiger partial charge in [-0.2, -0.15) is 4.31 Å². The summed E-state index contributed by atoms with van der Waals surface area (Å²) in [6.45, 7) is 4.15. The minimum atomic E-state index is -3.78. The van der Waals surface area contributed by atoms with E-state index in [4.69, 9.17) is 17.0 Å². The van der Waals surface area contributed by atoms with E-state index in [9.17, 15) is 13.2 Å². The van der Waals surface area contributed by atoms with Crippen molar-refractivity contribution in [2.75, 3.05) is 13.7 Å². The van der Waals surface area contributed by atoms with Crippen molar-refractivity contribution in [2.24, 2.45) is 5.92 Å². The third-order valence-electron chi connectivity index (χ3n) is 4.02. The third-order valence-corrected chi connectivity index (χ3v) is 6.31. The molecule has 1 aromatic rings. The van der Waals surface area contributed by atoms with Crippen molar-refractivity contribution in [3.05, 3.63) is 24.3 Å². The van der Waals surface area contributed by atoms with Gasteiger partial charge in [0.25, 0.3) is 0 Å². The molecule has 0 N–H and O–H groups in total. The number of ether oxygens (including phenoxy) is 1. The smallest absolute Gasteiger partial charge is 0.243 e. The molecular formula is C17H23NO4S2. The first kappa shape index (κ1) is 19.0. The van der Waals surface area contributed by atoms with Gasteiger partial charge in [-0.15, -0.1) is 0 Å². The standard InChI is InChI=1S/C17H23NO4S2/c1-12(2)11-18(15-5-4-6-16(23)17(15)19)24(20,21)14-9-7-13(22-3)8-10-14/h7-10,12,15H,4-6,11H2,1-3H3. The molecule has 0 saturated heterocycles. The van der Waals surface area contributed by atoms with Crippen LogP contribution in [0.4, 0.5) is 0 Å². The largest absolute Gasteiger partial charge is 0.497 e. The normalized spacial score (nSPS) is 19.1. The second-order valence-electron chi connectivity index (χ2n) is 6.34. The monoisotopic (exact) mass is 369 g/mol. The fraction of sp³-hybridized carbons (Fsp3) is 0.529. The first-order chi connectivity index (χ1) is 11.3. The van der Waals surface area contributed by atoms with E-state index in [0.717, 1.165) is 6.42 Å². The van der Waals surface area contributed by atoms with E-state index in [-0.39, 0.29) is 23.1 Å². The van der Waals surface area contributed by atoms with E-state index in [1.54, 1.807) is 12.1 Å². The highest BCUT2D eigenvalue weighted by Crippen LogP contribution is 2.27. The fourth-order valence-corrected chi connectivity index (χ4v) is 4.87. The average molecular weight is 370 g/mol. The molecule has 0 spiro atoms. The summed E-state index contributed by atoms with van der Waals surface area (Å²) in [5.74, 6) is 0.453. The zero-order chi connectivity index (χ0) is 17.9. The first-order valence-electron chi connectivity index (χ1n) is 8.00. The Morgan fingerprint density at radius 1 is 1.29 bits per heavy atom. The van der Waals surface area contributed by atoms with Crippen LogP contribution in [0.15, 0.2) is 29.2 Å². The first-order valence-corrected chi connectivity index (χ1v) is 9.85. The maximum absolute atomic E-state index is 13.1. The number of Topliss-reactive ketones (excluding diaryl/α,β-unsaturated/α-hetero) is 1. The van der Waals surface area contributed by atoms with Crippen molar-refractivity contribution >= 4 is 32.9 Å². The molecule has 1 saturated carbocycles. The van der Waals surface area contributed by atoms with Gasteiger partial charge in [0.1, 0.15) is 5.75 Å². The lowest BCUT2D eigenvalue weighted by Crippen LogP contribution is -2.50. The molecule has 1 aliphatic carbocycles. The van der Waals surface area contributed by atoms with Crippen molar-refractivity contribution in [2.45, 2.75) is 44.0 Å². The van der Waals surface area contributed by atoms with Crippen molar-refractivity contribution in [3.8, 4) is 5.75 Å². The van der Waals surface area contributed by atoms with Crippen molar-refractivity contribution in [3.63, 3.8) is 0 Å². The van der Waals surface area contributed by atoms with Gasteiger partial charge in [-0.1, -0.05) is 26.1 Å². The molecule has 1 unspecified atom stereocenters. The number of methoxy groups -OCH3 is 1. The number of hydrogen-bond donors (Lipinski definition) is 0. The number of benzene rings is 1. The molecule has 5 nitrogen and oxygen atoms in total. The molecule has 0 bridgehead atoms. The van der Waals surface area contributed by atoms with Gasteiger partial charge in [0.05, 0.1) is 22.9 Å².